The van der Waals surface area contributed by atoms with Crippen LogP contribution in [0.1, 0.15) is 16.1 Å². The molecule has 130 valence electrons. The molecule has 0 bridgehead atoms. The molecule has 0 aliphatic rings. The number of hydrogen-bond acceptors (Lipinski definition) is 5. The number of carbonyl (C=O) groups is 1. The minimum absolute atomic E-state index is 0.218. The van der Waals surface area contributed by atoms with Crippen LogP contribution in [0.25, 0.3) is 10.2 Å². The summed E-state index contributed by atoms with van der Waals surface area (Å²) < 4.78 is 11.6. The van der Waals surface area contributed by atoms with Gasteiger partial charge in [-0.25, -0.2) is 4.98 Å². The third-order valence-electron chi connectivity index (χ3n) is 3.97. The first kappa shape index (κ1) is 16.4. The zero-order valence-corrected chi connectivity index (χ0v) is 14.9. The van der Waals surface area contributed by atoms with Gasteiger partial charge in [-0.2, -0.15) is 0 Å². The number of amides is 1. The highest BCUT2D eigenvalue weighted by Gasteiger charge is 2.23. The fourth-order valence-corrected chi connectivity index (χ4v) is 3.61. The Bertz CT molecular complexity index is 1030. The molecule has 5 nitrogen and oxygen atoms in total. The Kier molecular flexibility index (Phi) is 4.41. The molecule has 0 aliphatic carbocycles. The summed E-state index contributed by atoms with van der Waals surface area (Å²) in [6.45, 7) is 0.414. The number of furan rings is 1. The van der Waals surface area contributed by atoms with Crippen LogP contribution in [0, 0.1) is 0 Å². The Morgan fingerprint density at radius 2 is 2.00 bits per heavy atom. The molecule has 0 spiro atoms. The van der Waals surface area contributed by atoms with Crippen molar-refractivity contribution in [1.29, 1.82) is 0 Å². The fourth-order valence-electron chi connectivity index (χ4n) is 2.66. The SMILES string of the molecule is COc1ccc2sc(N(Cc3ccccc3)C(=O)c3ccco3)nc2c1. The molecular formula is C20H16N2O3S. The van der Waals surface area contributed by atoms with Gasteiger partial charge in [0.1, 0.15) is 5.75 Å². The van der Waals surface area contributed by atoms with E-state index in [9.17, 15) is 4.79 Å². The van der Waals surface area contributed by atoms with E-state index in [-0.39, 0.29) is 11.7 Å². The van der Waals surface area contributed by atoms with Gasteiger partial charge in [0.15, 0.2) is 10.9 Å². The molecule has 6 heteroatoms. The molecule has 4 aromatic rings. The molecule has 0 fully saturated rings. The Hall–Kier alpha value is -3.12. The van der Waals surface area contributed by atoms with Crippen molar-refractivity contribution in [2.24, 2.45) is 0 Å². The normalized spacial score (nSPS) is 10.8. The number of aromatic nitrogens is 1. The lowest BCUT2D eigenvalue weighted by molar-refractivity contribution is 0.0958. The Morgan fingerprint density at radius 1 is 1.15 bits per heavy atom. The summed E-state index contributed by atoms with van der Waals surface area (Å²) in [5, 5.41) is 0.624. The Morgan fingerprint density at radius 3 is 2.73 bits per heavy atom. The molecule has 0 radical (unpaired) electrons. The van der Waals surface area contributed by atoms with E-state index in [0.29, 0.717) is 11.7 Å². The summed E-state index contributed by atoms with van der Waals surface area (Å²) in [6, 6.07) is 18.9. The number of methoxy groups -OCH3 is 1. The van der Waals surface area contributed by atoms with Gasteiger partial charge in [0.25, 0.3) is 5.91 Å². The first-order valence-corrected chi connectivity index (χ1v) is 8.90. The van der Waals surface area contributed by atoms with E-state index in [4.69, 9.17) is 9.15 Å². The number of nitrogens with zero attached hydrogens (tertiary/aromatic N) is 2. The van der Waals surface area contributed by atoms with E-state index in [1.54, 1.807) is 24.1 Å². The topological polar surface area (TPSA) is 55.6 Å². The van der Waals surface area contributed by atoms with Gasteiger partial charge in [-0.3, -0.25) is 9.69 Å². The lowest BCUT2D eigenvalue weighted by Gasteiger charge is -2.18. The molecule has 0 saturated heterocycles. The molecule has 2 aromatic carbocycles. The smallest absolute Gasteiger partial charge is 0.296 e. The third-order valence-corrected chi connectivity index (χ3v) is 5.03. The predicted octanol–water partition coefficient (Wildman–Crippen LogP) is 4.74. The first-order chi connectivity index (χ1) is 12.7. The molecule has 26 heavy (non-hydrogen) atoms. The van der Waals surface area contributed by atoms with Gasteiger partial charge in [0.2, 0.25) is 0 Å². The molecule has 4 rings (SSSR count). The van der Waals surface area contributed by atoms with Crippen LogP contribution in [-0.2, 0) is 6.54 Å². The maximum Gasteiger partial charge on any atom is 0.296 e. The van der Waals surface area contributed by atoms with Crippen molar-refractivity contribution in [2.75, 3.05) is 12.0 Å². The summed E-state index contributed by atoms with van der Waals surface area (Å²) in [7, 11) is 1.62. The van der Waals surface area contributed by atoms with Gasteiger partial charge in [0, 0.05) is 6.07 Å². The number of anilines is 1. The van der Waals surface area contributed by atoms with E-state index >= 15 is 0 Å². The maximum absolute atomic E-state index is 13.0. The van der Waals surface area contributed by atoms with E-state index in [2.05, 4.69) is 4.98 Å². The van der Waals surface area contributed by atoms with Gasteiger partial charge in [-0.15, -0.1) is 0 Å². The second kappa shape index (κ2) is 7.01. The highest BCUT2D eigenvalue weighted by Crippen LogP contribution is 2.32. The lowest BCUT2D eigenvalue weighted by atomic mass is 10.2. The van der Waals surface area contributed by atoms with Crippen molar-refractivity contribution < 1.29 is 13.9 Å². The second-order valence-electron chi connectivity index (χ2n) is 5.68. The monoisotopic (exact) mass is 364 g/mol. The van der Waals surface area contributed by atoms with E-state index in [1.165, 1.54) is 17.6 Å². The van der Waals surface area contributed by atoms with Crippen molar-refractivity contribution in [3.05, 3.63) is 78.3 Å². The van der Waals surface area contributed by atoms with Crippen molar-refractivity contribution in [3.8, 4) is 5.75 Å². The molecule has 2 heterocycles. The Labute approximate surface area is 154 Å². The number of hydrogen-bond donors (Lipinski definition) is 0. The highest BCUT2D eigenvalue weighted by atomic mass is 32.1. The van der Waals surface area contributed by atoms with Crippen LogP contribution < -0.4 is 9.64 Å². The number of ether oxygens (including phenoxy) is 1. The first-order valence-electron chi connectivity index (χ1n) is 8.08. The average molecular weight is 364 g/mol. The molecular weight excluding hydrogens is 348 g/mol. The number of benzene rings is 2. The van der Waals surface area contributed by atoms with Gasteiger partial charge in [0.05, 0.1) is 30.1 Å². The third kappa shape index (κ3) is 3.19. The number of fused-ring (bicyclic) bond motifs is 1. The molecule has 0 aliphatic heterocycles. The van der Waals surface area contributed by atoms with Gasteiger partial charge < -0.3 is 9.15 Å². The van der Waals surface area contributed by atoms with Gasteiger partial charge >= 0.3 is 0 Å². The second-order valence-corrected chi connectivity index (χ2v) is 6.69. The largest absolute Gasteiger partial charge is 0.497 e. The van der Waals surface area contributed by atoms with Crippen LogP contribution in [0.3, 0.4) is 0 Å². The van der Waals surface area contributed by atoms with Crippen LogP contribution in [0.15, 0.2) is 71.3 Å². The molecule has 0 saturated carbocycles. The van der Waals surface area contributed by atoms with E-state index in [1.807, 2.05) is 48.5 Å². The lowest BCUT2D eigenvalue weighted by Crippen LogP contribution is -2.30. The van der Waals surface area contributed by atoms with Gasteiger partial charge in [-0.1, -0.05) is 41.7 Å². The van der Waals surface area contributed by atoms with Crippen LogP contribution in [0.4, 0.5) is 5.13 Å². The summed E-state index contributed by atoms with van der Waals surface area (Å²) in [5.74, 6) is 0.809. The average Bonchev–Trinajstić information content (AvgIpc) is 3.35. The van der Waals surface area contributed by atoms with Crippen molar-refractivity contribution in [2.45, 2.75) is 6.54 Å². The number of carbonyl (C=O) groups excluding carboxylic acids is 1. The zero-order chi connectivity index (χ0) is 17.9. The van der Waals surface area contributed by atoms with Crippen LogP contribution in [-0.4, -0.2) is 18.0 Å². The number of rotatable bonds is 5. The Balaban J connectivity index is 1.75. The van der Waals surface area contributed by atoms with E-state index < -0.39 is 0 Å². The molecule has 0 atom stereocenters. The summed E-state index contributed by atoms with van der Waals surface area (Å²) >= 11 is 1.47. The van der Waals surface area contributed by atoms with E-state index in [0.717, 1.165) is 21.5 Å². The van der Waals surface area contributed by atoms with Crippen LogP contribution in [0.5, 0.6) is 5.75 Å². The summed E-state index contributed by atoms with van der Waals surface area (Å²) in [4.78, 5) is 19.3. The maximum atomic E-state index is 13.0. The minimum atomic E-state index is -0.218. The van der Waals surface area contributed by atoms with Gasteiger partial charge in [-0.05, 0) is 29.8 Å². The highest BCUT2D eigenvalue weighted by molar-refractivity contribution is 7.22. The number of thiazole rings is 1. The molecule has 0 unspecified atom stereocenters. The van der Waals surface area contributed by atoms with Crippen molar-refractivity contribution in [1.82, 2.24) is 4.98 Å². The predicted molar refractivity (Wildman–Crippen MR) is 102 cm³/mol. The van der Waals surface area contributed by atoms with Crippen molar-refractivity contribution >= 4 is 32.6 Å². The standard InChI is InChI=1S/C20H16N2O3S/c1-24-15-9-10-18-16(12-15)21-20(26-18)22(13-14-6-3-2-4-7-14)19(23)17-8-5-11-25-17/h2-12H,13H2,1H3. The quantitative estimate of drug-likeness (QED) is 0.513. The molecule has 0 N–H and O–H groups in total. The summed E-state index contributed by atoms with van der Waals surface area (Å²) in [5.41, 5.74) is 1.82. The van der Waals surface area contributed by atoms with Crippen LogP contribution in [0.2, 0.25) is 0 Å². The zero-order valence-electron chi connectivity index (χ0n) is 14.1. The van der Waals surface area contributed by atoms with Crippen LogP contribution >= 0.6 is 11.3 Å². The summed E-state index contributed by atoms with van der Waals surface area (Å²) in [6.07, 6.45) is 1.50. The van der Waals surface area contributed by atoms with Crippen molar-refractivity contribution in [3.63, 3.8) is 0 Å². The molecule has 2 aromatic heterocycles. The fraction of sp³-hybridized carbons (Fsp3) is 0.100. The minimum Gasteiger partial charge on any atom is -0.497 e. The molecule has 1 amide bonds.